The molecule has 0 saturated heterocycles. The lowest BCUT2D eigenvalue weighted by atomic mass is 10.1. The number of rotatable bonds is 5. The third-order valence-corrected chi connectivity index (χ3v) is 6.69. The fourth-order valence-electron chi connectivity index (χ4n) is 3.10. The molecule has 31 heavy (non-hydrogen) atoms. The average molecular weight is 438 g/mol. The first-order chi connectivity index (χ1) is 14.8. The highest BCUT2D eigenvalue weighted by Crippen LogP contribution is 2.22. The molecule has 0 aliphatic rings. The molecule has 3 heterocycles. The molecular weight excluding hydrogens is 417 g/mol. The van der Waals surface area contributed by atoms with E-state index in [1.54, 1.807) is 19.3 Å². The Labute approximate surface area is 179 Å². The second-order valence-electron chi connectivity index (χ2n) is 7.11. The van der Waals surface area contributed by atoms with Crippen LogP contribution in [0.15, 0.2) is 71.1 Å². The second-order valence-corrected chi connectivity index (χ2v) is 9.03. The quantitative estimate of drug-likeness (QED) is 0.351. The summed E-state index contributed by atoms with van der Waals surface area (Å²) < 4.78 is 41.8. The molecule has 0 atom stereocenters. The van der Waals surface area contributed by atoms with Gasteiger partial charge in [0.25, 0.3) is 10.0 Å². The largest absolute Gasteiger partial charge is 0.298 e. The maximum Gasteiger partial charge on any atom is 0.279 e. The van der Waals surface area contributed by atoms with E-state index in [4.69, 9.17) is 0 Å². The topological polar surface area (TPSA) is 79.9 Å². The van der Waals surface area contributed by atoms with Crippen molar-refractivity contribution in [3.63, 3.8) is 0 Å². The molecule has 0 spiro atoms. The summed E-state index contributed by atoms with van der Waals surface area (Å²) in [6.07, 6.45) is 6.69. The summed E-state index contributed by atoms with van der Waals surface area (Å²) in [5.74, 6) is -0.624. The van der Waals surface area contributed by atoms with Crippen LogP contribution in [0, 0.1) is 19.7 Å². The maximum atomic E-state index is 13.6. The van der Waals surface area contributed by atoms with Crippen LogP contribution in [0.1, 0.15) is 17.0 Å². The summed E-state index contributed by atoms with van der Waals surface area (Å²) in [6, 6.07) is 11.4. The molecule has 4 aromatic rings. The molecule has 3 aromatic heterocycles. The van der Waals surface area contributed by atoms with Gasteiger partial charge in [-0.2, -0.15) is 17.9 Å². The van der Waals surface area contributed by atoms with Crippen LogP contribution >= 0.6 is 0 Å². The van der Waals surface area contributed by atoms with Crippen molar-refractivity contribution >= 4 is 21.9 Å². The Morgan fingerprint density at radius 3 is 2.55 bits per heavy atom. The molecule has 0 unspecified atom stereocenters. The van der Waals surface area contributed by atoms with Crippen molar-refractivity contribution in [2.75, 3.05) is 7.05 Å². The van der Waals surface area contributed by atoms with Crippen LogP contribution in [0.3, 0.4) is 0 Å². The molecule has 0 aliphatic heterocycles. The van der Waals surface area contributed by atoms with Gasteiger partial charge in [0.15, 0.2) is 0 Å². The zero-order valence-corrected chi connectivity index (χ0v) is 18.0. The Kier molecular flexibility index (Phi) is 5.28. The molecule has 0 aliphatic carbocycles. The number of hydrazone groups is 1. The van der Waals surface area contributed by atoms with Crippen molar-refractivity contribution < 1.29 is 12.8 Å². The van der Waals surface area contributed by atoms with Crippen LogP contribution in [0.4, 0.5) is 4.39 Å². The molecule has 0 fully saturated rings. The van der Waals surface area contributed by atoms with Gasteiger partial charge >= 0.3 is 0 Å². The first-order valence-electron chi connectivity index (χ1n) is 9.45. The van der Waals surface area contributed by atoms with Crippen LogP contribution in [0.5, 0.6) is 0 Å². The standard InChI is InChI=1S/C22H20FN5O2S/c1-15-4-8-19(23)10-21(15)31(29,30)27(3)26-13-20-12-25-22-9-7-18(14-28(20)22)17-6-5-16(2)24-11-17/h4-14H,1-3H3/b26-13+. The first kappa shape index (κ1) is 20.7. The van der Waals surface area contributed by atoms with Crippen molar-refractivity contribution in [3.8, 4) is 11.1 Å². The van der Waals surface area contributed by atoms with Crippen LogP contribution in [0.2, 0.25) is 0 Å². The smallest absolute Gasteiger partial charge is 0.279 e. The van der Waals surface area contributed by atoms with E-state index < -0.39 is 15.8 Å². The number of sulfonamides is 1. The number of hydrogen-bond acceptors (Lipinski definition) is 5. The zero-order valence-electron chi connectivity index (χ0n) is 17.2. The van der Waals surface area contributed by atoms with E-state index in [1.807, 2.05) is 41.8 Å². The van der Waals surface area contributed by atoms with Crippen LogP contribution in [0.25, 0.3) is 16.8 Å². The highest BCUT2D eigenvalue weighted by Gasteiger charge is 2.22. The van der Waals surface area contributed by atoms with Crippen LogP contribution in [-0.2, 0) is 10.0 Å². The number of aromatic nitrogens is 3. The Morgan fingerprint density at radius 1 is 1.03 bits per heavy atom. The van der Waals surface area contributed by atoms with Crippen molar-refractivity contribution in [1.29, 1.82) is 0 Å². The van der Waals surface area contributed by atoms with E-state index in [2.05, 4.69) is 15.1 Å². The van der Waals surface area contributed by atoms with Gasteiger partial charge in [0.1, 0.15) is 11.5 Å². The van der Waals surface area contributed by atoms with E-state index in [0.717, 1.165) is 27.3 Å². The summed E-state index contributed by atoms with van der Waals surface area (Å²) in [6.45, 7) is 3.53. The van der Waals surface area contributed by atoms with Crippen molar-refractivity contribution in [3.05, 3.63) is 83.8 Å². The van der Waals surface area contributed by atoms with Gasteiger partial charge in [0.2, 0.25) is 0 Å². The van der Waals surface area contributed by atoms with Gasteiger partial charge in [-0.05, 0) is 49.7 Å². The molecular formula is C22H20FN5O2S. The van der Waals surface area contributed by atoms with E-state index in [9.17, 15) is 12.8 Å². The monoisotopic (exact) mass is 437 g/mol. The number of imidazole rings is 1. The molecule has 0 saturated carbocycles. The molecule has 7 nitrogen and oxygen atoms in total. The van der Waals surface area contributed by atoms with E-state index in [-0.39, 0.29) is 4.90 Å². The molecule has 9 heteroatoms. The Hall–Kier alpha value is -3.59. The number of aryl methyl sites for hydroxylation is 2. The highest BCUT2D eigenvalue weighted by atomic mass is 32.2. The number of benzene rings is 1. The number of hydrogen-bond donors (Lipinski definition) is 0. The Balaban J connectivity index is 1.67. The summed E-state index contributed by atoms with van der Waals surface area (Å²) >= 11 is 0. The summed E-state index contributed by atoms with van der Waals surface area (Å²) in [4.78, 5) is 8.53. The second kappa shape index (κ2) is 7.92. The van der Waals surface area contributed by atoms with Gasteiger partial charge in [-0.25, -0.2) is 9.37 Å². The first-order valence-corrected chi connectivity index (χ1v) is 10.9. The minimum absolute atomic E-state index is 0.126. The van der Waals surface area contributed by atoms with E-state index in [0.29, 0.717) is 16.9 Å². The lowest BCUT2D eigenvalue weighted by Gasteiger charge is -2.15. The fraction of sp³-hybridized carbons (Fsp3) is 0.136. The number of nitrogens with zero attached hydrogens (tertiary/aromatic N) is 5. The van der Waals surface area contributed by atoms with Gasteiger partial charge < -0.3 is 0 Å². The van der Waals surface area contributed by atoms with Gasteiger partial charge in [0, 0.05) is 36.3 Å². The van der Waals surface area contributed by atoms with Crippen molar-refractivity contribution in [2.45, 2.75) is 18.7 Å². The number of halogens is 1. The van der Waals surface area contributed by atoms with Gasteiger partial charge in [-0.1, -0.05) is 12.1 Å². The Morgan fingerprint density at radius 2 is 1.81 bits per heavy atom. The summed E-state index contributed by atoms with van der Waals surface area (Å²) in [5.41, 5.74) is 4.54. The SMILES string of the molecule is Cc1ccc(-c2ccc3ncc(/C=N/N(C)S(=O)(=O)c4cc(F)ccc4C)n3c2)cn1. The predicted octanol–water partition coefficient (Wildman–Crippen LogP) is 3.81. The minimum atomic E-state index is -4.00. The minimum Gasteiger partial charge on any atom is -0.298 e. The third kappa shape index (κ3) is 4.04. The molecule has 0 bridgehead atoms. The van der Waals surface area contributed by atoms with Crippen LogP contribution in [-0.4, -0.2) is 40.5 Å². The molecule has 0 N–H and O–H groups in total. The van der Waals surface area contributed by atoms with Crippen LogP contribution < -0.4 is 0 Å². The van der Waals surface area contributed by atoms with E-state index >= 15 is 0 Å². The summed E-state index contributed by atoms with van der Waals surface area (Å²) in [5, 5.41) is 4.07. The highest BCUT2D eigenvalue weighted by molar-refractivity contribution is 7.89. The van der Waals surface area contributed by atoms with E-state index in [1.165, 1.54) is 25.4 Å². The fourth-order valence-corrected chi connectivity index (χ4v) is 4.29. The van der Waals surface area contributed by atoms with Crippen molar-refractivity contribution in [1.82, 2.24) is 18.8 Å². The van der Waals surface area contributed by atoms with Gasteiger partial charge in [-0.3, -0.25) is 9.38 Å². The molecule has 158 valence electrons. The molecule has 1 aromatic carbocycles. The lowest BCUT2D eigenvalue weighted by Crippen LogP contribution is -2.23. The van der Waals surface area contributed by atoms with Gasteiger partial charge in [-0.15, -0.1) is 0 Å². The summed E-state index contributed by atoms with van der Waals surface area (Å²) in [7, 11) is -2.69. The zero-order chi connectivity index (χ0) is 22.2. The Bertz CT molecular complexity index is 1400. The van der Waals surface area contributed by atoms with Crippen molar-refractivity contribution in [2.24, 2.45) is 5.10 Å². The third-order valence-electron chi connectivity index (χ3n) is 4.91. The molecule has 0 amide bonds. The van der Waals surface area contributed by atoms with Gasteiger partial charge in [0.05, 0.1) is 23.0 Å². The maximum absolute atomic E-state index is 13.6. The predicted molar refractivity (Wildman–Crippen MR) is 117 cm³/mol. The normalized spacial score (nSPS) is 12.0. The molecule has 0 radical (unpaired) electrons. The average Bonchev–Trinajstić information content (AvgIpc) is 3.16. The molecule has 4 rings (SSSR count). The number of pyridine rings is 2. The number of fused-ring (bicyclic) bond motifs is 1. The lowest BCUT2D eigenvalue weighted by molar-refractivity contribution is 0.489.